The molecule has 4 nitrogen and oxygen atoms in total. The lowest BCUT2D eigenvalue weighted by molar-refractivity contribution is 0.110. The molecule has 1 unspecified atom stereocenters. The van der Waals surface area contributed by atoms with E-state index >= 15 is 0 Å². The number of ether oxygens (including phenoxy) is 1. The summed E-state index contributed by atoms with van der Waals surface area (Å²) in [6, 6.07) is 0. The van der Waals surface area contributed by atoms with Crippen LogP contribution in [0.4, 0.5) is 5.13 Å². The minimum absolute atomic E-state index is 0.417. The topological polar surface area (TPSA) is 37.4 Å². The number of thiazole rings is 1. The number of aromatic nitrogens is 1. The Kier molecular flexibility index (Phi) is 5.41. The van der Waals surface area contributed by atoms with Crippen LogP contribution in [0.1, 0.15) is 31.6 Å². The van der Waals surface area contributed by atoms with E-state index in [-0.39, 0.29) is 0 Å². The summed E-state index contributed by atoms with van der Waals surface area (Å²) in [5, 5.41) is 4.59. The van der Waals surface area contributed by atoms with Gasteiger partial charge >= 0.3 is 0 Å². The maximum atomic E-state index is 5.59. The van der Waals surface area contributed by atoms with Crippen LogP contribution in [0, 0.1) is 0 Å². The summed E-state index contributed by atoms with van der Waals surface area (Å²) in [5.74, 6) is 0. The van der Waals surface area contributed by atoms with Crippen molar-refractivity contribution in [2.24, 2.45) is 0 Å². The van der Waals surface area contributed by atoms with Crippen molar-refractivity contribution in [2.75, 3.05) is 31.1 Å². The minimum Gasteiger partial charge on any atom is -0.377 e. The first-order valence-electron chi connectivity index (χ1n) is 6.85. The van der Waals surface area contributed by atoms with Gasteiger partial charge in [0.25, 0.3) is 0 Å². The Hall–Kier alpha value is -0.650. The first-order chi connectivity index (χ1) is 8.83. The molecule has 1 atom stereocenters. The van der Waals surface area contributed by atoms with Gasteiger partial charge in [-0.15, -0.1) is 11.3 Å². The molecule has 0 aromatic carbocycles. The zero-order valence-electron chi connectivity index (χ0n) is 11.3. The summed E-state index contributed by atoms with van der Waals surface area (Å²) >= 11 is 1.78. The summed E-state index contributed by atoms with van der Waals surface area (Å²) in [6.45, 7) is 9.16. The van der Waals surface area contributed by atoms with Crippen molar-refractivity contribution >= 4 is 16.5 Å². The fourth-order valence-corrected chi connectivity index (χ4v) is 3.19. The van der Waals surface area contributed by atoms with Crippen LogP contribution in [0.5, 0.6) is 0 Å². The molecule has 18 heavy (non-hydrogen) atoms. The molecule has 2 rings (SSSR count). The molecule has 5 heteroatoms. The summed E-state index contributed by atoms with van der Waals surface area (Å²) in [5.41, 5.74) is 0. The zero-order chi connectivity index (χ0) is 12.8. The maximum absolute atomic E-state index is 5.59. The predicted octanol–water partition coefficient (Wildman–Crippen LogP) is 2.26. The lowest BCUT2D eigenvalue weighted by atomic mass is 10.2. The van der Waals surface area contributed by atoms with Crippen molar-refractivity contribution in [2.45, 2.75) is 39.3 Å². The zero-order valence-corrected chi connectivity index (χ0v) is 12.1. The molecule has 1 aliphatic heterocycles. The molecule has 0 spiro atoms. The van der Waals surface area contributed by atoms with E-state index in [1.165, 1.54) is 17.7 Å². The van der Waals surface area contributed by atoms with Gasteiger partial charge in [0.15, 0.2) is 5.13 Å². The van der Waals surface area contributed by atoms with Crippen LogP contribution < -0.4 is 10.2 Å². The highest BCUT2D eigenvalue weighted by Crippen LogP contribution is 2.22. The number of hydrogen-bond donors (Lipinski definition) is 1. The van der Waals surface area contributed by atoms with Crippen molar-refractivity contribution in [1.29, 1.82) is 0 Å². The van der Waals surface area contributed by atoms with Crippen LogP contribution in [0.25, 0.3) is 0 Å². The van der Waals surface area contributed by atoms with Crippen molar-refractivity contribution < 1.29 is 4.74 Å². The Balaban J connectivity index is 1.75. The number of anilines is 1. The van der Waals surface area contributed by atoms with Crippen LogP contribution in [0.15, 0.2) is 6.20 Å². The van der Waals surface area contributed by atoms with Gasteiger partial charge in [0, 0.05) is 43.9 Å². The third-order valence-electron chi connectivity index (χ3n) is 3.27. The molecule has 102 valence electrons. The van der Waals surface area contributed by atoms with Gasteiger partial charge in [-0.2, -0.15) is 0 Å². The lowest BCUT2D eigenvalue weighted by Crippen LogP contribution is -2.25. The van der Waals surface area contributed by atoms with Crippen LogP contribution in [0.2, 0.25) is 0 Å². The maximum Gasteiger partial charge on any atom is 0.185 e. The monoisotopic (exact) mass is 269 g/mol. The molecular weight excluding hydrogens is 246 g/mol. The molecule has 0 bridgehead atoms. The van der Waals surface area contributed by atoms with Crippen molar-refractivity contribution in [3.05, 3.63) is 11.1 Å². The van der Waals surface area contributed by atoms with Crippen LogP contribution >= 0.6 is 11.3 Å². The van der Waals surface area contributed by atoms with Crippen molar-refractivity contribution in [1.82, 2.24) is 10.3 Å². The molecule has 0 amide bonds. The van der Waals surface area contributed by atoms with E-state index in [0.717, 1.165) is 37.9 Å². The predicted molar refractivity (Wildman–Crippen MR) is 76.4 cm³/mol. The van der Waals surface area contributed by atoms with E-state index in [1.807, 2.05) is 6.20 Å². The number of nitrogens with zero attached hydrogens (tertiary/aromatic N) is 2. The Morgan fingerprint density at radius 3 is 3.00 bits per heavy atom. The summed E-state index contributed by atoms with van der Waals surface area (Å²) in [7, 11) is 0. The van der Waals surface area contributed by atoms with E-state index in [0.29, 0.717) is 6.10 Å². The van der Waals surface area contributed by atoms with Crippen LogP contribution in [-0.2, 0) is 11.3 Å². The van der Waals surface area contributed by atoms with Crippen molar-refractivity contribution in [3.63, 3.8) is 0 Å². The summed E-state index contributed by atoms with van der Waals surface area (Å²) in [6.07, 6.45) is 4.81. The van der Waals surface area contributed by atoms with E-state index in [4.69, 9.17) is 4.74 Å². The van der Waals surface area contributed by atoms with Crippen molar-refractivity contribution in [3.8, 4) is 0 Å². The first kappa shape index (κ1) is 13.8. The second-order valence-corrected chi connectivity index (χ2v) is 5.64. The molecule has 0 saturated carbocycles. The summed E-state index contributed by atoms with van der Waals surface area (Å²) < 4.78 is 5.59. The largest absolute Gasteiger partial charge is 0.377 e. The second kappa shape index (κ2) is 7.07. The van der Waals surface area contributed by atoms with Crippen LogP contribution in [-0.4, -0.2) is 37.3 Å². The Morgan fingerprint density at radius 2 is 2.33 bits per heavy atom. The van der Waals surface area contributed by atoms with Gasteiger partial charge in [0.1, 0.15) is 0 Å². The third-order valence-corrected chi connectivity index (χ3v) is 4.33. The van der Waals surface area contributed by atoms with Gasteiger partial charge in [0.05, 0.1) is 6.10 Å². The quantitative estimate of drug-likeness (QED) is 0.824. The molecule has 1 aromatic heterocycles. The molecule has 1 aliphatic rings. The van der Waals surface area contributed by atoms with E-state index < -0.39 is 0 Å². The highest BCUT2D eigenvalue weighted by molar-refractivity contribution is 7.15. The minimum atomic E-state index is 0.417. The molecular formula is C13H23N3OS. The van der Waals surface area contributed by atoms with E-state index in [1.54, 1.807) is 11.3 Å². The summed E-state index contributed by atoms with van der Waals surface area (Å²) in [4.78, 5) is 8.07. The number of nitrogens with one attached hydrogen (secondary N) is 1. The van der Waals surface area contributed by atoms with Gasteiger partial charge in [-0.3, -0.25) is 0 Å². The van der Waals surface area contributed by atoms with E-state index in [2.05, 4.69) is 29.0 Å². The van der Waals surface area contributed by atoms with Gasteiger partial charge in [-0.05, 0) is 26.7 Å². The second-order valence-electron chi connectivity index (χ2n) is 4.55. The molecule has 0 aliphatic carbocycles. The number of hydrogen-bond acceptors (Lipinski definition) is 5. The van der Waals surface area contributed by atoms with Gasteiger partial charge in [-0.1, -0.05) is 0 Å². The molecule has 0 radical (unpaired) electrons. The molecule has 1 saturated heterocycles. The standard InChI is InChI=1S/C13H23N3OS/c1-3-16(4-2)13-15-10-12(18-13)9-14-8-11-6-5-7-17-11/h10-11,14H,3-9H2,1-2H3. The Morgan fingerprint density at radius 1 is 1.50 bits per heavy atom. The van der Waals surface area contributed by atoms with Gasteiger partial charge < -0.3 is 15.0 Å². The highest BCUT2D eigenvalue weighted by Gasteiger charge is 2.14. The third kappa shape index (κ3) is 3.67. The average Bonchev–Trinajstić information content (AvgIpc) is 3.03. The van der Waals surface area contributed by atoms with Gasteiger partial charge in [-0.25, -0.2) is 4.98 Å². The molecule has 2 heterocycles. The number of rotatable bonds is 7. The Labute approximate surface area is 113 Å². The Bertz CT molecular complexity index is 346. The molecule has 1 fully saturated rings. The fraction of sp³-hybridized carbons (Fsp3) is 0.769. The SMILES string of the molecule is CCN(CC)c1ncc(CNCC2CCCO2)s1. The average molecular weight is 269 g/mol. The van der Waals surface area contributed by atoms with E-state index in [9.17, 15) is 0 Å². The van der Waals surface area contributed by atoms with Crippen LogP contribution in [0.3, 0.4) is 0 Å². The normalized spacial score (nSPS) is 19.3. The fourth-order valence-electron chi connectivity index (χ4n) is 2.18. The van der Waals surface area contributed by atoms with Gasteiger partial charge in [0.2, 0.25) is 0 Å². The highest BCUT2D eigenvalue weighted by atomic mass is 32.1. The lowest BCUT2D eigenvalue weighted by Gasteiger charge is -2.16. The smallest absolute Gasteiger partial charge is 0.185 e. The molecule has 1 N–H and O–H groups in total. The molecule has 1 aromatic rings. The first-order valence-corrected chi connectivity index (χ1v) is 7.67.